The van der Waals surface area contributed by atoms with E-state index < -0.39 is 0 Å². The normalized spacial score (nSPS) is 46.3. The summed E-state index contributed by atoms with van der Waals surface area (Å²) in [6, 6.07) is 6.52. The molecule has 3 aliphatic heterocycles. The number of nitrogens with zero attached hydrogens (tertiary/aromatic N) is 1. The molecule has 3 fully saturated rings. The largest absolute Gasteiger partial charge is 0.506 e. The molecule has 2 saturated heterocycles. The molecule has 4 heteroatoms. The summed E-state index contributed by atoms with van der Waals surface area (Å²) < 4.78 is 1.08. The fourth-order valence-corrected chi connectivity index (χ4v) is 6.66. The van der Waals surface area contributed by atoms with Gasteiger partial charge < -0.3 is 19.7 Å². The quantitative estimate of drug-likeness (QED) is 0.361. The van der Waals surface area contributed by atoms with E-state index in [0.717, 1.165) is 36.1 Å². The zero-order chi connectivity index (χ0) is 16.7. The predicted molar refractivity (Wildman–Crippen MR) is 92.9 cm³/mol. The Hall–Kier alpha value is -1.81. The second-order valence-corrected chi connectivity index (χ2v) is 8.41. The monoisotopic (exact) mass is 325 g/mol. The summed E-state index contributed by atoms with van der Waals surface area (Å²) in [5.41, 5.74) is 3.55. The van der Waals surface area contributed by atoms with E-state index in [-0.39, 0.29) is 17.4 Å². The molecule has 1 saturated carbocycles. The van der Waals surface area contributed by atoms with Crippen LogP contribution in [-0.2, 0) is 10.2 Å². The van der Waals surface area contributed by atoms with E-state index >= 15 is 0 Å². The minimum Gasteiger partial charge on any atom is -0.506 e. The number of aromatic hydroxyl groups is 1. The van der Waals surface area contributed by atoms with Gasteiger partial charge in [-0.1, -0.05) is 18.2 Å². The summed E-state index contributed by atoms with van der Waals surface area (Å²) in [5, 5.41) is 14.0. The van der Waals surface area contributed by atoms with Gasteiger partial charge in [0.2, 0.25) is 0 Å². The first-order chi connectivity index (χ1) is 11.5. The number of anilines is 1. The highest BCUT2D eigenvalue weighted by Crippen LogP contribution is 2.63. The number of allylic oxidation sites excluding steroid dienone is 1. The van der Waals surface area contributed by atoms with Gasteiger partial charge in [0.05, 0.1) is 30.7 Å². The Balaban J connectivity index is 1.76. The molecule has 0 radical (unpaired) electrons. The molecule has 24 heavy (non-hydrogen) atoms. The molecule has 5 rings (SSSR count). The number of quaternary nitrogens is 1. The van der Waals surface area contributed by atoms with Crippen LogP contribution < -0.4 is 5.32 Å². The smallest absolute Gasteiger partial charge is 0.138 e. The third-order valence-corrected chi connectivity index (χ3v) is 7.66. The number of likely N-dealkylation sites (N-methyl/N-ethyl adjacent to an activating group) is 1. The Kier molecular flexibility index (Phi) is 2.68. The molecule has 126 valence electrons. The summed E-state index contributed by atoms with van der Waals surface area (Å²) >= 11 is 0. The van der Waals surface area contributed by atoms with Gasteiger partial charge in [-0.25, -0.2) is 0 Å². The summed E-state index contributed by atoms with van der Waals surface area (Å²) in [7, 11) is 2.39. The Morgan fingerprint density at radius 2 is 2.25 bits per heavy atom. The molecule has 1 spiro atoms. The maximum absolute atomic E-state index is 12.1. The minimum atomic E-state index is -0.00975. The van der Waals surface area contributed by atoms with Crippen molar-refractivity contribution in [2.24, 2.45) is 11.8 Å². The lowest BCUT2D eigenvalue weighted by Gasteiger charge is -2.55. The van der Waals surface area contributed by atoms with Gasteiger partial charge in [0.25, 0.3) is 0 Å². The first-order valence-electron chi connectivity index (χ1n) is 9.09. The van der Waals surface area contributed by atoms with Crippen molar-refractivity contribution < 1.29 is 14.4 Å². The number of para-hydroxylation sites is 1. The Morgan fingerprint density at radius 1 is 1.42 bits per heavy atom. The number of benzene rings is 1. The van der Waals surface area contributed by atoms with Crippen molar-refractivity contribution in [2.45, 2.75) is 37.3 Å². The van der Waals surface area contributed by atoms with Crippen molar-refractivity contribution >= 4 is 12.0 Å². The topological polar surface area (TPSA) is 49.3 Å². The number of phenolic OH excluding ortho intramolecular Hbond substituents is 1. The number of fused-ring (bicyclic) bond motifs is 2. The summed E-state index contributed by atoms with van der Waals surface area (Å²) in [5.74, 6) is 0.665. The van der Waals surface area contributed by atoms with Gasteiger partial charge in [0.15, 0.2) is 0 Å². The predicted octanol–water partition coefficient (Wildman–Crippen LogP) is 2.44. The molecule has 6 atom stereocenters. The molecule has 0 amide bonds. The van der Waals surface area contributed by atoms with Crippen LogP contribution in [0.15, 0.2) is 29.8 Å². The van der Waals surface area contributed by atoms with Crippen molar-refractivity contribution in [3.8, 4) is 5.75 Å². The molecular weight excluding hydrogens is 300 g/mol. The SMILES string of the molecule is C/C=C1\C[N@+]2(C)CC[C@]34c5cccc(O)c5N[C@@H]3[C@H](C=O)[C@H]1C[C@H]42. The van der Waals surface area contributed by atoms with Gasteiger partial charge in [0, 0.05) is 24.7 Å². The number of phenols is 1. The van der Waals surface area contributed by atoms with Gasteiger partial charge >= 0.3 is 0 Å². The maximum atomic E-state index is 12.1. The van der Waals surface area contributed by atoms with Crippen molar-refractivity contribution in [1.29, 1.82) is 0 Å². The Bertz CT molecular complexity index is 773. The average Bonchev–Trinajstić information content (AvgIpc) is 3.09. The fraction of sp³-hybridized carbons (Fsp3) is 0.550. The number of nitrogens with one attached hydrogen (secondary N) is 1. The second-order valence-electron chi connectivity index (χ2n) is 8.41. The summed E-state index contributed by atoms with van der Waals surface area (Å²) in [6.45, 7) is 4.33. The standard InChI is InChI=1S/C20H24N2O2/c1-3-12-10-22(2)8-7-20-15-5-4-6-16(24)18(15)21-19(20)14(11-23)13(12)9-17(20)22/h3-6,11,13-14,17,19,21H,7-10H2,1-2H3/p+1/b12-3+/t13-,14+,17+,19+,20+,22-/m0/s1. The van der Waals surface area contributed by atoms with Gasteiger partial charge in [-0.05, 0) is 24.1 Å². The van der Waals surface area contributed by atoms with Crippen LogP contribution in [0.5, 0.6) is 5.75 Å². The van der Waals surface area contributed by atoms with Crippen molar-refractivity contribution in [2.75, 3.05) is 25.5 Å². The number of hydrogen-bond donors (Lipinski definition) is 2. The van der Waals surface area contributed by atoms with Gasteiger partial charge in [-0.15, -0.1) is 0 Å². The lowest BCUT2D eigenvalue weighted by atomic mass is 9.55. The van der Waals surface area contributed by atoms with Gasteiger partial charge in [0.1, 0.15) is 24.6 Å². The number of piperidine rings is 1. The molecule has 2 N–H and O–H groups in total. The van der Waals surface area contributed by atoms with Crippen molar-refractivity contribution in [3.63, 3.8) is 0 Å². The molecule has 1 aromatic rings. The minimum absolute atomic E-state index is 0.00824. The highest BCUT2D eigenvalue weighted by atomic mass is 16.3. The molecule has 1 aromatic carbocycles. The molecule has 4 aliphatic rings. The van der Waals surface area contributed by atoms with E-state index in [0.29, 0.717) is 17.7 Å². The number of carbonyl (C=O) groups is 1. The van der Waals surface area contributed by atoms with E-state index in [1.807, 2.05) is 6.07 Å². The molecule has 0 aromatic heterocycles. The molecule has 2 bridgehead atoms. The van der Waals surface area contributed by atoms with Crippen LogP contribution in [0.25, 0.3) is 0 Å². The lowest BCUT2D eigenvalue weighted by Crippen LogP contribution is -2.67. The number of hydrogen-bond acceptors (Lipinski definition) is 3. The van der Waals surface area contributed by atoms with E-state index in [4.69, 9.17) is 0 Å². The molecular formula is C20H25N2O2+. The second kappa shape index (κ2) is 4.42. The molecule has 0 unspecified atom stereocenters. The number of rotatable bonds is 1. The molecule has 3 heterocycles. The highest BCUT2D eigenvalue weighted by molar-refractivity contribution is 5.74. The van der Waals surface area contributed by atoms with Crippen LogP contribution in [0, 0.1) is 11.8 Å². The lowest BCUT2D eigenvalue weighted by molar-refractivity contribution is -0.924. The first kappa shape index (κ1) is 14.5. The molecule has 4 nitrogen and oxygen atoms in total. The average molecular weight is 325 g/mol. The zero-order valence-electron chi connectivity index (χ0n) is 14.3. The van der Waals surface area contributed by atoms with E-state index in [1.165, 1.54) is 17.4 Å². The maximum Gasteiger partial charge on any atom is 0.138 e. The van der Waals surface area contributed by atoms with E-state index in [1.54, 1.807) is 6.07 Å². The van der Waals surface area contributed by atoms with Crippen molar-refractivity contribution in [1.82, 2.24) is 0 Å². The van der Waals surface area contributed by atoms with Crippen LogP contribution in [0.4, 0.5) is 5.69 Å². The van der Waals surface area contributed by atoms with E-state index in [9.17, 15) is 9.90 Å². The van der Waals surface area contributed by atoms with Crippen molar-refractivity contribution in [3.05, 3.63) is 35.4 Å². The zero-order valence-corrected chi connectivity index (χ0v) is 14.3. The van der Waals surface area contributed by atoms with Gasteiger partial charge in [-0.2, -0.15) is 0 Å². The summed E-state index contributed by atoms with van der Waals surface area (Å²) in [6.07, 6.45) is 5.61. The third kappa shape index (κ3) is 1.43. The number of carbonyl (C=O) groups excluding carboxylic acids is 1. The third-order valence-electron chi connectivity index (χ3n) is 7.66. The van der Waals surface area contributed by atoms with Crippen LogP contribution in [0.3, 0.4) is 0 Å². The van der Waals surface area contributed by atoms with Gasteiger partial charge in [-0.3, -0.25) is 0 Å². The number of aldehydes is 1. The highest BCUT2D eigenvalue weighted by Gasteiger charge is 2.71. The summed E-state index contributed by atoms with van der Waals surface area (Å²) in [4.78, 5) is 12.1. The van der Waals surface area contributed by atoms with Crippen LogP contribution in [-0.4, -0.2) is 48.1 Å². The Morgan fingerprint density at radius 3 is 3.00 bits per heavy atom. The fourth-order valence-electron chi connectivity index (χ4n) is 6.66. The van der Waals surface area contributed by atoms with Crippen LogP contribution >= 0.6 is 0 Å². The van der Waals surface area contributed by atoms with Crippen LogP contribution in [0.2, 0.25) is 0 Å². The Labute approximate surface area is 142 Å². The van der Waals surface area contributed by atoms with Crippen LogP contribution in [0.1, 0.15) is 25.3 Å². The molecule has 1 aliphatic carbocycles. The first-order valence-corrected chi connectivity index (χ1v) is 9.09. The van der Waals surface area contributed by atoms with E-state index in [2.05, 4.69) is 31.4 Å².